The summed E-state index contributed by atoms with van der Waals surface area (Å²) in [6, 6.07) is 0.951. The van der Waals surface area contributed by atoms with Gasteiger partial charge in [-0.2, -0.15) is 0 Å². The van der Waals surface area contributed by atoms with E-state index in [0.717, 1.165) is 5.92 Å². The maximum absolute atomic E-state index is 5.46. The Labute approximate surface area is 69.8 Å². The number of rotatable bonds is 3. The fourth-order valence-corrected chi connectivity index (χ4v) is 1.32. The van der Waals surface area contributed by atoms with Crippen LogP contribution in [0.4, 0.5) is 0 Å². The second kappa shape index (κ2) is 3.28. The summed E-state index contributed by atoms with van der Waals surface area (Å²) in [5.74, 6) is 3.66. The molecule has 1 saturated carbocycles. The van der Waals surface area contributed by atoms with Crippen LogP contribution < -0.4 is 0 Å². The van der Waals surface area contributed by atoms with Gasteiger partial charge in [0.15, 0.2) is 0 Å². The Hall–Kier alpha value is -0.480. The standard InChI is InChI=1S/C10H17N/c1-5-10(9-6-7-9)11(4)8(2)3/h1,8-10H,6-7H2,2-4H3. The van der Waals surface area contributed by atoms with Crippen molar-refractivity contribution < 1.29 is 0 Å². The molecule has 0 bridgehead atoms. The molecule has 0 aromatic heterocycles. The minimum Gasteiger partial charge on any atom is -0.290 e. The summed E-state index contributed by atoms with van der Waals surface area (Å²) in [5.41, 5.74) is 0. The lowest BCUT2D eigenvalue weighted by molar-refractivity contribution is 0.217. The van der Waals surface area contributed by atoms with E-state index in [1.165, 1.54) is 12.8 Å². The van der Waals surface area contributed by atoms with Crippen LogP contribution in [-0.4, -0.2) is 24.0 Å². The van der Waals surface area contributed by atoms with Crippen molar-refractivity contribution in [2.45, 2.75) is 38.8 Å². The van der Waals surface area contributed by atoms with Crippen LogP contribution in [0.5, 0.6) is 0 Å². The van der Waals surface area contributed by atoms with Crippen LogP contribution in [0.2, 0.25) is 0 Å². The maximum Gasteiger partial charge on any atom is 0.0740 e. The molecule has 1 aliphatic rings. The molecule has 0 heterocycles. The summed E-state index contributed by atoms with van der Waals surface area (Å²) in [4.78, 5) is 2.29. The van der Waals surface area contributed by atoms with E-state index >= 15 is 0 Å². The van der Waals surface area contributed by atoms with Gasteiger partial charge in [0.25, 0.3) is 0 Å². The first kappa shape index (κ1) is 8.62. The molecular formula is C10H17N. The first-order chi connectivity index (χ1) is 5.16. The van der Waals surface area contributed by atoms with Crippen LogP contribution in [0.15, 0.2) is 0 Å². The van der Waals surface area contributed by atoms with Gasteiger partial charge in [-0.15, -0.1) is 6.42 Å². The van der Waals surface area contributed by atoms with Crippen molar-refractivity contribution in [2.24, 2.45) is 5.92 Å². The molecule has 0 radical (unpaired) electrons. The van der Waals surface area contributed by atoms with E-state index in [2.05, 4.69) is 31.7 Å². The molecule has 62 valence electrons. The third-order valence-electron chi connectivity index (χ3n) is 2.49. The Morgan fingerprint density at radius 1 is 1.45 bits per heavy atom. The van der Waals surface area contributed by atoms with E-state index in [1.54, 1.807) is 0 Å². The minimum absolute atomic E-state index is 0.384. The minimum atomic E-state index is 0.384. The number of nitrogens with zero attached hydrogens (tertiary/aromatic N) is 1. The molecule has 0 saturated heterocycles. The van der Waals surface area contributed by atoms with Crippen LogP contribution in [0.1, 0.15) is 26.7 Å². The van der Waals surface area contributed by atoms with Gasteiger partial charge in [0.05, 0.1) is 6.04 Å². The van der Waals surface area contributed by atoms with Crippen molar-refractivity contribution in [3.63, 3.8) is 0 Å². The van der Waals surface area contributed by atoms with Crippen molar-refractivity contribution >= 4 is 0 Å². The molecule has 1 atom stereocenters. The van der Waals surface area contributed by atoms with Gasteiger partial charge in [0.2, 0.25) is 0 Å². The molecule has 0 spiro atoms. The van der Waals surface area contributed by atoms with E-state index in [1.807, 2.05) is 0 Å². The molecule has 11 heavy (non-hydrogen) atoms. The smallest absolute Gasteiger partial charge is 0.0740 e. The van der Waals surface area contributed by atoms with E-state index in [9.17, 15) is 0 Å². The van der Waals surface area contributed by atoms with Crippen molar-refractivity contribution in [2.75, 3.05) is 7.05 Å². The van der Waals surface area contributed by atoms with Gasteiger partial charge in [-0.3, -0.25) is 4.90 Å². The summed E-state index contributed by atoms with van der Waals surface area (Å²) in [6.45, 7) is 4.37. The van der Waals surface area contributed by atoms with Gasteiger partial charge in [-0.1, -0.05) is 5.92 Å². The summed E-state index contributed by atoms with van der Waals surface area (Å²) >= 11 is 0. The van der Waals surface area contributed by atoms with Gasteiger partial charge in [0.1, 0.15) is 0 Å². The predicted molar refractivity (Wildman–Crippen MR) is 48.2 cm³/mol. The van der Waals surface area contributed by atoms with Gasteiger partial charge in [-0.05, 0) is 39.7 Å². The quantitative estimate of drug-likeness (QED) is 0.555. The fraction of sp³-hybridized carbons (Fsp3) is 0.800. The third kappa shape index (κ3) is 1.97. The van der Waals surface area contributed by atoms with Crippen LogP contribution in [0, 0.1) is 18.3 Å². The highest BCUT2D eigenvalue weighted by atomic mass is 15.2. The molecule has 1 heteroatoms. The van der Waals surface area contributed by atoms with E-state index in [4.69, 9.17) is 6.42 Å². The van der Waals surface area contributed by atoms with Crippen molar-refractivity contribution in [1.29, 1.82) is 0 Å². The van der Waals surface area contributed by atoms with Crippen LogP contribution in [0.3, 0.4) is 0 Å². The lowest BCUT2D eigenvalue weighted by Crippen LogP contribution is -2.37. The second-order valence-corrected chi connectivity index (χ2v) is 3.71. The monoisotopic (exact) mass is 151 g/mol. The van der Waals surface area contributed by atoms with Crippen molar-refractivity contribution in [1.82, 2.24) is 4.90 Å². The highest BCUT2D eigenvalue weighted by Crippen LogP contribution is 2.35. The number of terminal acetylenes is 1. The Morgan fingerprint density at radius 2 is 2.00 bits per heavy atom. The normalized spacial score (nSPS) is 20.4. The van der Waals surface area contributed by atoms with Gasteiger partial charge in [0, 0.05) is 6.04 Å². The Kier molecular flexibility index (Phi) is 2.57. The SMILES string of the molecule is C#CC(C1CC1)N(C)C(C)C. The highest BCUT2D eigenvalue weighted by molar-refractivity contribution is 5.07. The maximum atomic E-state index is 5.46. The molecule has 1 rings (SSSR count). The second-order valence-electron chi connectivity index (χ2n) is 3.71. The average Bonchev–Trinajstić information content (AvgIpc) is 2.72. The van der Waals surface area contributed by atoms with Gasteiger partial charge < -0.3 is 0 Å². The topological polar surface area (TPSA) is 3.24 Å². The zero-order chi connectivity index (χ0) is 8.43. The summed E-state index contributed by atoms with van der Waals surface area (Å²) < 4.78 is 0. The van der Waals surface area contributed by atoms with Crippen molar-refractivity contribution in [3.05, 3.63) is 0 Å². The summed E-state index contributed by atoms with van der Waals surface area (Å²) in [5, 5.41) is 0. The van der Waals surface area contributed by atoms with Gasteiger partial charge in [-0.25, -0.2) is 0 Å². The van der Waals surface area contributed by atoms with Gasteiger partial charge >= 0.3 is 0 Å². The third-order valence-corrected chi connectivity index (χ3v) is 2.49. The Bertz CT molecular complexity index is 162. The summed E-state index contributed by atoms with van der Waals surface area (Å²) in [7, 11) is 2.12. The predicted octanol–water partition coefficient (Wildman–Crippen LogP) is 1.74. The molecule has 1 nitrogen and oxygen atoms in total. The molecule has 0 amide bonds. The van der Waals surface area contributed by atoms with E-state index in [-0.39, 0.29) is 0 Å². The Balaban J connectivity index is 2.48. The lowest BCUT2D eigenvalue weighted by atomic mass is 10.1. The first-order valence-electron chi connectivity index (χ1n) is 4.35. The zero-order valence-electron chi connectivity index (χ0n) is 7.67. The molecular weight excluding hydrogens is 134 g/mol. The molecule has 0 aromatic rings. The average molecular weight is 151 g/mol. The highest BCUT2D eigenvalue weighted by Gasteiger charge is 2.33. The molecule has 0 N–H and O–H groups in total. The first-order valence-corrected chi connectivity index (χ1v) is 4.35. The largest absolute Gasteiger partial charge is 0.290 e. The van der Waals surface area contributed by atoms with Crippen molar-refractivity contribution in [3.8, 4) is 12.3 Å². The van der Waals surface area contributed by atoms with Crippen LogP contribution in [0.25, 0.3) is 0 Å². The van der Waals surface area contributed by atoms with Crippen LogP contribution in [-0.2, 0) is 0 Å². The van der Waals surface area contributed by atoms with E-state index < -0.39 is 0 Å². The lowest BCUT2D eigenvalue weighted by Gasteiger charge is -2.27. The number of hydrogen-bond donors (Lipinski definition) is 0. The summed E-state index contributed by atoms with van der Waals surface area (Å²) in [6.07, 6.45) is 8.11. The molecule has 1 fully saturated rings. The zero-order valence-corrected chi connectivity index (χ0v) is 7.67. The molecule has 0 aliphatic heterocycles. The molecule has 1 unspecified atom stereocenters. The fourth-order valence-electron chi connectivity index (χ4n) is 1.32. The molecule has 0 aromatic carbocycles. The van der Waals surface area contributed by atoms with Crippen LogP contribution >= 0.6 is 0 Å². The molecule has 1 aliphatic carbocycles. The van der Waals surface area contributed by atoms with E-state index in [0.29, 0.717) is 12.1 Å². The Morgan fingerprint density at radius 3 is 2.27 bits per heavy atom. The number of hydrogen-bond acceptors (Lipinski definition) is 1.